The molecule has 0 aliphatic carbocycles. The number of aryl methyl sites for hydroxylation is 1. The predicted octanol–water partition coefficient (Wildman–Crippen LogP) is 1.18. The van der Waals surface area contributed by atoms with Crippen LogP contribution in [0.1, 0.15) is 11.6 Å². The van der Waals surface area contributed by atoms with E-state index in [-0.39, 0.29) is 10.0 Å². The van der Waals surface area contributed by atoms with Crippen LogP contribution >= 0.6 is 11.6 Å². The highest BCUT2D eigenvalue weighted by Crippen LogP contribution is 2.22. The van der Waals surface area contributed by atoms with Crippen molar-refractivity contribution in [2.45, 2.75) is 11.1 Å². The van der Waals surface area contributed by atoms with E-state index in [1.165, 1.54) is 25.4 Å². The molecule has 1 aromatic carbocycles. The van der Waals surface area contributed by atoms with E-state index in [0.29, 0.717) is 5.56 Å². The smallest absolute Gasteiger partial charge is 0.326 e. The van der Waals surface area contributed by atoms with Crippen LogP contribution in [0.5, 0.6) is 0 Å². The van der Waals surface area contributed by atoms with E-state index >= 15 is 0 Å². The minimum absolute atomic E-state index is 0.0813. The summed E-state index contributed by atoms with van der Waals surface area (Å²) in [4.78, 5) is 11.3. The Kier molecular flexibility index (Phi) is 4.31. The van der Waals surface area contributed by atoms with Crippen molar-refractivity contribution < 1.29 is 18.3 Å². The van der Waals surface area contributed by atoms with Crippen molar-refractivity contribution in [3.63, 3.8) is 0 Å². The largest absolute Gasteiger partial charge is 0.480 e. The number of halogens is 1. The Hall–Kier alpha value is -1.90. The van der Waals surface area contributed by atoms with Gasteiger partial charge in [-0.2, -0.15) is 9.82 Å². The molecule has 1 heterocycles. The van der Waals surface area contributed by atoms with Gasteiger partial charge in [-0.3, -0.25) is 9.48 Å². The molecule has 0 aliphatic heterocycles. The Morgan fingerprint density at radius 1 is 1.38 bits per heavy atom. The monoisotopic (exact) mass is 329 g/mol. The van der Waals surface area contributed by atoms with E-state index in [9.17, 15) is 18.3 Å². The van der Waals surface area contributed by atoms with Gasteiger partial charge < -0.3 is 5.11 Å². The Morgan fingerprint density at radius 3 is 2.48 bits per heavy atom. The van der Waals surface area contributed by atoms with E-state index in [0.717, 1.165) is 4.68 Å². The molecule has 112 valence electrons. The lowest BCUT2D eigenvalue weighted by Gasteiger charge is -2.15. The van der Waals surface area contributed by atoms with Crippen molar-refractivity contribution in [3.8, 4) is 0 Å². The highest BCUT2D eigenvalue weighted by atomic mass is 35.5. The lowest BCUT2D eigenvalue weighted by atomic mass is 10.1. The van der Waals surface area contributed by atoms with Gasteiger partial charge in [0.1, 0.15) is 6.04 Å². The molecule has 9 heteroatoms. The van der Waals surface area contributed by atoms with Crippen LogP contribution in [0.4, 0.5) is 0 Å². The summed E-state index contributed by atoms with van der Waals surface area (Å²) in [5, 5.41) is 12.6. The van der Waals surface area contributed by atoms with Crippen LogP contribution in [-0.2, 0) is 21.9 Å². The second-order valence-electron chi connectivity index (χ2n) is 4.22. The Labute approximate surface area is 126 Å². The number of carboxylic acids is 1. The number of carbonyl (C=O) groups is 1. The van der Waals surface area contributed by atoms with E-state index in [2.05, 4.69) is 9.82 Å². The maximum atomic E-state index is 12.3. The van der Waals surface area contributed by atoms with Crippen LogP contribution < -0.4 is 4.72 Å². The average molecular weight is 330 g/mol. The Bertz CT molecular complexity index is 739. The topological polar surface area (TPSA) is 101 Å². The van der Waals surface area contributed by atoms with E-state index in [1.807, 2.05) is 0 Å². The zero-order valence-corrected chi connectivity index (χ0v) is 12.5. The molecule has 0 amide bonds. The van der Waals surface area contributed by atoms with Gasteiger partial charge >= 0.3 is 5.97 Å². The molecule has 2 rings (SSSR count). The van der Waals surface area contributed by atoms with E-state index in [1.54, 1.807) is 18.2 Å². The summed E-state index contributed by atoms with van der Waals surface area (Å²) in [5.41, 5.74) is 0.312. The molecule has 1 aromatic heterocycles. The summed E-state index contributed by atoms with van der Waals surface area (Å²) in [7, 11) is -2.73. The lowest BCUT2D eigenvalue weighted by Crippen LogP contribution is -2.34. The molecule has 0 unspecified atom stereocenters. The predicted molar refractivity (Wildman–Crippen MR) is 75.4 cm³/mol. The van der Waals surface area contributed by atoms with Gasteiger partial charge in [-0.05, 0) is 5.56 Å². The second kappa shape index (κ2) is 5.84. The van der Waals surface area contributed by atoms with E-state index < -0.39 is 22.0 Å². The summed E-state index contributed by atoms with van der Waals surface area (Å²) in [6.45, 7) is 0. The maximum Gasteiger partial charge on any atom is 0.326 e. The maximum absolute atomic E-state index is 12.3. The van der Waals surface area contributed by atoms with Gasteiger partial charge in [0.2, 0.25) is 0 Å². The van der Waals surface area contributed by atoms with Crippen LogP contribution in [0.15, 0.2) is 41.6 Å². The molecule has 0 saturated carbocycles. The molecule has 0 saturated heterocycles. The molecule has 0 radical (unpaired) electrons. The molecule has 2 aromatic rings. The molecule has 2 N–H and O–H groups in total. The van der Waals surface area contributed by atoms with Gasteiger partial charge in [0.25, 0.3) is 10.0 Å². The average Bonchev–Trinajstić information content (AvgIpc) is 2.77. The van der Waals surface area contributed by atoms with Crippen molar-refractivity contribution in [1.29, 1.82) is 0 Å². The standard InChI is InChI=1S/C12H12ClN3O4S/c1-16-11(9(13)7-14-16)21(19,20)15-10(12(17)18)8-5-3-2-4-6-8/h2-7,10,15H,1H3,(H,17,18)/t10-/m1/s1. The fourth-order valence-corrected chi connectivity index (χ4v) is 3.65. The number of nitrogens with zero attached hydrogens (tertiary/aromatic N) is 2. The first kappa shape index (κ1) is 15.5. The summed E-state index contributed by atoms with van der Waals surface area (Å²) in [5.74, 6) is -1.32. The zero-order chi connectivity index (χ0) is 15.6. The summed E-state index contributed by atoms with van der Waals surface area (Å²) < 4.78 is 27.8. The van der Waals surface area contributed by atoms with Gasteiger partial charge in [0.05, 0.1) is 11.2 Å². The first-order valence-electron chi connectivity index (χ1n) is 5.80. The third-order valence-electron chi connectivity index (χ3n) is 2.75. The van der Waals surface area contributed by atoms with Crippen molar-refractivity contribution in [1.82, 2.24) is 14.5 Å². The molecule has 0 aliphatic rings. The highest BCUT2D eigenvalue weighted by Gasteiger charge is 2.30. The molecular weight excluding hydrogens is 318 g/mol. The van der Waals surface area contributed by atoms with Crippen LogP contribution in [-0.4, -0.2) is 29.3 Å². The van der Waals surface area contributed by atoms with E-state index in [4.69, 9.17) is 11.6 Å². The number of rotatable bonds is 5. The quantitative estimate of drug-likeness (QED) is 0.857. The third kappa shape index (κ3) is 3.23. The van der Waals surface area contributed by atoms with Crippen molar-refractivity contribution >= 4 is 27.6 Å². The van der Waals surface area contributed by atoms with Crippen LogP contribution in [0.25, 0.3) is 0 Å². The number of aromatic nitrogens is 2. The number of aliphatic carboxylic acids is 1. The molecule has 0 bridgehead atoms. The minimum atomic E-state index is -4.13. The van der Waals surface area contributed by atoms with Crippen molar-refractivity contribution in [3.05, 3.63) is 47.1 Å². The van der Waals surface area contributed by atoms with Crippen LogP contribution in [0.2, 0.25) is 5.02 Å². The minimum Gasteiger partial charge on any atom is -0.480 e. The number of carboxylic acid groups (broad SMARTS) is 1. The Balaban J connectivity index is 2.40. The van der Waals surface area contributed by atoms with Crippen molar-refractivity contribution in [2.75, 3.05) is 0 Å². The highest BCUT2D eigenvalue weighted by molar-refractivity contribution is 7.89. The third-order valence-corrected chi connectivity index (χ3v) is 4.68. The van der Waals surface area contributed by atoms with Crippen molar-refractivity contribution in [2.24, 2.45) is 7.05 Å². The first-order valence-corrected chi connectivity index (χ1v) is 7.66. The van der Waals surface area contributed by atoms with Gasteiger partial charge in [0.15, 0.2) is 5.03 Å². The van der Waals surface area contributed by atoms with Gasteiger partial charge in [-0.1, -0.05) is 41.9 Å². The molecule has 21 heavy (non-hydrogen) atoms. The van der Waals surface area contributed by atoms with Crippen LogP contribution in [0, 0.1) is 0 Å². The summed E-state index contributed by atoms with van der Waals surface area (Å²) in [6.07, 6.45) is 1.18. The number of sulfonamides is 1. The lowest BCUT2D eigenvalue weighted by molar-refractivity contribution is -0.139. The fraction of sp³-hybridized carbons (Fsp3) is 0.167. The van der Waals surface area contributed by atoms with Gasteiger partial charge in [-0.15, -0.1) is 0 Å². The first-order chi connectivity index (χ1) is 9.83. The second-order valence-corrected chi connectivity index (χ2v) is 6.26. The normalized spacial score (nSPS) is 13.0. The molecule has 0 fully saturated rings. The number of benzene rings is 1. The summed E-state index contributed by atoms with van der Waals surface area (Å²) >= 11 is 5.79. The number of hydrogen-bond donors (Lipinski definition) is 2. The molecular formula is C12H12ClN3O4S. The van der Waals surface area contributed by atoms with Gasteiger partial charge in [0, 0.05) is 7.05 Å². The number of nitrogens with one attached hydrogen (secondary N) is 1. The fourth-order valence-electron chi connectivity index (χ4n) is 1.82. The molecule has 7 nitrogen and oxygen atoms in total. The molecule has 1 atom stereocenters. The number of hydrogen-bond acceptors (Lipinski definition) is 4. The SMILES string of the molecule is Cn1ncc(Cl)c1S(=O)(=O)N[C@@H](C(=O)O)c1ccccc1. The van der Waals surface area contributed by atoms with Gasteiger partial charge in [-0.25, -0.2) is 8.42 Å². The summed E-state index contributed by atoms with van der Waals surface area (Å²) in [6, 6.07) is 6.57. The van der Waals surface area contributed by atoms with Crippen LogP contribution in [0.3, 0.4) is 0 Å². The Morgan fingerprint density at radius 2 is 2.00 bits per heavy atom. The molecule has 0 spiro atoms. The zero-order valence-electron chi connectivity index (χ0n) is 10.9.